The molecule has 0 saturated carbocycles. The summed E-state index contributed by atoms with van der Waals surface area (Å²) in [5.41, 5.74) is 8.45. The number of hydrogen-bond donors (Lipinski definition) is 2. The van der Waals surface area contributed by atoms with E-state index in [2.05, 4.69) is 25.3 Å². The van der Waals surface area contributed by atoms with Crippen molar-refractivity contribution in [1.29, 1.82) is 0 Å². The molecule has 4 heteroatoms. The van der Waals surface area contributed by atoms with Gasteiger partial charge in [0.1, 0.15) is 5.75 Å². The number of hydrogen-bond acceptors (Lipinski definition) is 3. The highest BCUT2D eigenvalue weighted by atomic mass is 35.5. The van der Waals surface area contributed by atoms with Crippen molar-refractivity contribution in [2.45, 2.75) is 26.8 Å². The van der Waals surface area contributed by atoms with Crippen LogP contribution in [0.25, 0.3) is 0 Å². The average Bonchev–Trinajstić information content (AvgIpc) is 2.42. The maximum atomic E-state index is 6.05. The highest BCUT2D eigenvalue weighted by Crippen LogP contribution is 2.35. The summed E-state index contributed by atoms with van der Waals surface area (Å²) in [6.45, 7) is 6.15. The summed E-state index contributed by atoms with van der Waals surface area (Å²) in [4.78, 5) is 0. The highest BCUT2D eigenvalue weighted by Gasteiger charge is 2.21. The minimum Gasteiger partial charge on any atom is -0.496 e. The standard InChI is InChI=1S/C17H21ClN2O/c1-10-7-12(3)16(15(8-10)21-4)17(20-19)14-6-5-13(18)9-11(14)2/h5-9,17,20H,19H2,1-4H3. The first-order valence-corrected chi connectivity index (χ1v) is 7.23. The van der Waals surface area contributed by atoms with Gasteiger partial charge in [0.25, 0.3) is 0 Å². The van der Waals surface area contributed by atoms with E-state index in [0.717, 1.165) is 38.6 Å². The van der Waals surface area contributed by atoms with E-state index in [-0.39, 0.29) is 6.04 Å². The van der Waals surface area contributed by atoms with Crippen LogP contribution < -0.4 is 16.0 Å². The fourth-order valence-corrected chi connectivity index (χ4v) is 3.00. The Morgan fingerprint density at radius 3 is 2.38 bits per heavy atom. The number of hydrazine groups is 1. The van der Waals surface area contributed by atoms with Gasteiger partial charge in [0, 0.05) is 10.6 Å². The minimum absolute atomic E-state index is 0.141. The number of nitrogens with one attached hydrogen (secondary N) is 1. The van der Waals surface area contributed by atoms with E-state index in [0.29, 0.717) is 0 Å². The molecule has 1 atom stereocenters. The van der Waals surface area contributed by atoms with E-state index >= 15 is 0 Å². The topological polar surface area (TPSA) is 47.3 Å². The number of methoxy groups -OCH3 is 1. The number of nitrogens with two attached hydrogens (primary N) is 1. The van der Waals surface area contributed by atoms with Crippen molar-refractivity contribution in [2.24, 2.45) is 5.84 Å². The predicted octanol–water partition coefficient (Wildman–Crippen LogP) is 3.83. The molecular formula is C17H21ClN2O. The van der Waals surface area contributed by atoms with Crippen LogP contribution >= 0.6 is 11.6 Å². The van der Waals surface area contributed by atoms with Gasteiger partial charge in [0.05, 0.1) is 13.2 Å². The van der Waals surface area contributed by atoms with Crippen LogP contribution in [0.4, 0.5) is 0 Å². The third-order valence-electron chi connectivity index (χ3n) is 3.71. The third kappa shape index (κ3) is 3.21. The molecule has 0 saturated heterocycles. The first kappa shape index (κ1) is 15.8. The zero-order valence-corrected chi connectivity index (χ0v) is 13.6. The Labute approximate surface area is 131 Å². The Morgan fingerprint density at radius 2 is 1.81 bits per heavy atom. The molecule has 0 aliphatic heterocycles. The van der Waals surface area contributed by atoms with Gasteiger partial charge >= 0.3 is 0 Å². The van der Waals surface area contributed by atoms with Crippen LogP contribution in [-0.4, -0.2) is 7.11 Å². The first-order valence-electron chi connectivity index (χ1n) is 6.85. The van der Waals surface area contributed by atoms with Crippen molar-refractivity contribution in [1.82, 2.24) is 5.43 Å². The Morgan fingerprint density at radius 1 is 1.10 bits per heavy atom. The summed E-state index contributed by atoms with van der Waals surface area (Å²) in [6, 6.07) is 9.84. The minimum atomic E-state index is -0.141. The van der Waals surface area contributed by atoms with Crippen LogP contribution in [0.1, 0.15) is 33.9 Å². The molecule has 3 N–H and O–H groups in total. The molecule has 2 aromatic carbocycles. The van der Waals surface area contributed by atoms with Gasteiger partial charge in [-0.3, -0.25) is 5.84 Å². The molecule has 0 aromatic heterocycles. The molecule has 0 bridgehead atoms. The van der Waals surface area contributed by atoms with E-state index in [4.69, 9.17) is 22.2 Å². The lowest BCUT2D eigenvalue weighted by molar-refractivity contribution is 0.403. The quantitative estimate of drug-likeness (QED) is 0.666. The van der Waals surface area contributed by atoms with Crippen molar-refractivity contribution in [3.63, 3.8) is 0 Å². The van der Waals surface area contributed by atoms with E-state index in [1.807, 2.05) is 31.2 Å². The van der Waals surface area contributed by atoms with Gasteiger partial charge in [-0.25, -0.2) is 5.43 Å². The van der Waals surface area contributed by atoms with Crippen molar-refractivity contribution in [3.05, 3.63) is 63.2 Å². The van der Waals surface area contributed by atoms with Gasteiger partial charge < -0.3 is 4.74 Å². The van der Waals surface area contributed by atoms with Gasteiger partial charge in [-0.15, -0.1) is 0 Å². The van der Waals surface area contributed by atoms with Gasteiger partial charge in [0.15, 0.2) is 0 Å². The second kappa shape index (κ2) is 6.48. The van der Waals surface area contributed by atoms with Crippen LogP contribution in [0.15, 0.2) is 30.3 Å². The molecule has 2 aromatic rings. The molecule has 0 radical (unpaired) electrons. The average molecular weight is 305 g/mol. The summed E-state index contributed by atoms with van der Waals surface area (Å²) >= 11 is 6.05. The Kier molecular flexibility index (Phi) is 4.88. The Hall–Kier alpha value is -1.55. The van der Waals surface area contributed by atoms with Crippen LogP contribution in [0.5, 0.6) is 5.75 Å². The summed E-state index contributed by atoms with van der Waals surface area (Å²) < 4.78 is 5.55. The van der Waals surface area contributed by atoms with Crippen LogP contribution in [-0.2, 0) is 0 Å². The molecule has 21 heavy (non-hydrogen) atoms. The fraction of sp³-hybridized carbons (Fsp3) is 0.294. The summed E-state index contributed by atoms with van der Waals surface area (Å²) in [5, 5.41) is 0.722. The second-order valence-corrected chi connectivity index (χ2v) is 5.73. The van der Waals surface area contributed by atoms with Crippen LogP contribution in [0.2, 0.25) is 5.02 Å². The van der Waals surface area contributed by atoms with Crippen molar-refractivity contribution < 1.29 is 4.74 Å². The molecule has 1 unspecified atom stereocenters. The van der Waals surface area contributed by atoms with Crippen LogP contribution in [0.3, 0.4) is 0 Å². The van der Waals surface area contributed by atoms with Gasteiger partial charge in [-0.2, -0.15) is 0 Å². The lowest BCUT2D eigenvalue weighted by atomic mass is 9.91. The number of rotatable bonds is 4. The SMILES string of the molecule is COc1cc(C)cc(C)c1C(NN)c1ccc(Cl)cc1C. The molecule has 0 aliphatic carbocycles. The number of ether oxygens (including phenoxy) is 1. The zero-order valence-electron chi connectivity index (χ0n) is 12.8. The normalized spacial score (nSPS) is 12.3. The van der Waals surface area contributed by atoms with E-state index in [9.17, 15) is 0 Å². The monoisotopic (exact) mass is 304 g/mol. The van der Waals surface area contributed by atoms with Gasteiger partial charge in [-0.05, 0) is 61.2 Å². The van der Waals surface area contributed by atoms with Gasteiger partial charge in [-0.1, -0.05) is 23.7 Å². The molecule has 0 fully saturated rings. The maximum Gasteiger partial charge on any atom is 0.124 e. The van der Waals surface area contributed by atoms with Crippen molar-refractivity contribution in [2.75, 3.05) is 7.11 Å². The van der Waals surface area contributed by atoms with E-state index in [1.54, 1.807) is 7.11 Å². The molecular weight excluding hydrogens is 284 g/mol. The maximum absolute atomic E-state index is 6.05. The van der Waals surface area contributed by atoms with Crippen molar-refractivity contribution in [3.8, 4) is 5.75 Å². The molecule has 3 nitrogen and oxygen atoms in total. The lowest BCUT2D eigenvalue weighted by Gasteiger charge is -2.24. The van der Waals surface area contributed by atoms with Gasteiger partial charge in [0.2, 0.25) is 0 Å². The molecule has 2 rings (SSSR count). The molecule has 0 aliphatic rings. The van der Waals surface area contributed by atoms with Crippen LogP contribution in [0, 0.1) is 20.8 Å². The third-order valence-corrected chi connectivity index (χ3v) is 3.95. The summed E-state index contributed by atoms with van der Waals surface area (Å²) in [7, 11) is 1.68. The zero-order chi connectivity index (χ0) is 15.6. The smallest absolute Gasteiger partial charge is 0.124 e. The summed E-state index contributed by atoms with van der Waals surface area (Å²) in [6.07, 6.45) is 0. The second-order valence-electron chi connectivity index (χ2n) is 5.30. The Balaban J connectivity index is 2.61. The van der Waals surface area contributed by atoms with E-state index in [1.165, 1.54) is 0 Å². The number of halogens is 1. The molecule has 0 amide bonds. The summed E-state index contributed by atoms with van der Waals surface area (Å²) in [5.74, 6) is 6.67. The first-order chi connectivity index (χ1) is 9.97. The highest BCUT2D eigenvalue weighted by molar-refractivity contribution is 6.30. The predicted molar refractivity (Wildman–Crippen MR) is 87.8 cm³/mol. The number of benzene rings is 2. The lowest BCUT2D eigenvalue weighted by Crippen LogP contribution is -2.30. The number of aryl methyl sites for hydroxylation is 3. The van der Waals surface area contributed by atoms with E-state index < -0.39 is 0 Å². The van der Waals surface area contributed by atoms with Crippen molar-refractivity contribution >= 4 is 11.6 Å². The molecule has 112 valence electrons. The fourth-order valence-electron chi connectivity index (χ4n) is 2.77. The Bertz CT molecular complexity index is 655. The molecule has 0 spiro atoms. The largest absolute Gasteiger partial charge is 0.496 e. The molecule has 0 heterocycles.